The summed E-state index contributed by atoms with van der Waals surface area (Å²) in [6.07, 6.45) is 0.408. The van der Waals surface area contributed by atoms with E-state index >= 15 is 0 Å². The zero-order chi connectivity index (χ0) is 17.9. The Morgan fingerprint density at radius 3 is 2.40 bits per heavy atom. The molecule has 0 atom stereocenters. The molecule has 128 valence electrons. The van der Waals surface area contributed by atoms with E-state index in [-0.39, 0.29) is 10.5 Å². The van der Waals surface area contributed by atoms with Crippen LogP contribution >= 0.6 is 0 Å². The third-order valence-corrected chi connectivity index (χ3v) is 5.06. The first kappa shape index (κ1) is 16.9. The third-order valence-electron chi connectivity index (χ3n) is 3.66. The molecule has 0 saturated carbocycles. The summed E-state index contributed by atoms with van der Waals surface area (Å²) in [5, 5.41) is 6.28. The van der Waals surface area contributed by atoms with Crippen molar-refractivity contribution in [3.8, 4) is 0 Å². The minimum Gasteiger partial charge on any atom is -0.280 e. The zero-order valence-electron chi connectivity index (χ0n) is 13.6. The SMILES string of the molecule is Cc1cc(Cc2ccc(S(=O)(=O)Nc3ccccc3)cc2)c(=O)[nH]n1. The maximum absolute atomic E-state index is 12.4. The standard InChI is InChI=1S/C18H17N3O3S/c1-13-11-15(18(22)20-19-13)12-14-7-9-17(10-8-14)25(23,24)21-16-5-3-2-4-6-16/h2-11,21H,12H2,1H3,(H,20,22). The molecule has 0 aliphatic rings. The molecule has 0 unspecified atom stereocenters. The Kier molecular flexibility index (Phi) is 4.67. The summed E-state index contributed by atoms with van der Waals surface area (Å²) >= 11 is 0. The van der Waals surface area contributed by atoms with Crippen molar-refractivity contribution in [2.24, 2.45) is 0 Å². The number of H-pyrrole nitrogens is 1. The van der Waals surface area contributed by atoms with Gasteiger partial charge in [-0.1, -0.05) is 30.3 Å². The highest BCUT2D eigenvalue weighted by Gasteiger charge is 2.14. The second-order valence-electron chi connectivity index (χ2n) is 5.66. The Hall–Kier alpha value is -2.93. The highest BCUT2D eigenvalue weighted by Crippen LogP contribution is 2.17. The van der Waals surface area contributed by atoms with Crippen molar-refractivity contribution in [1.82, 2.24) is 10.2 Å². The van der Waals surface area contributed by atoms with E-state index in [2.05, 4.69) is 14.9 Å². The van der Waals surface area contributed by atoms with Crippen LogP contribution < -0.4 is 10.3 Å². The largest absolute Gasteiger partial charge is 0.280 e. The Balaban J connectivity index is 1.80. The third kappa shape index (κ3) is 4.13. The quantitative estimate of drug-likeness (QED) is 0.735. The summed E-state index contributed by atoms with van der Waals surface area (Å²) in [6.45, 7) is 1.80. The van der Waals surface area contributed by atoms with E-state index in [1.165, 1.54) is 12.1 Å². The number of aromatic nitrogens is 2. The molecule has 2 N–H and O–H groups in total. The number of hydrogen-bond donors (Lipinski definition) is 2. The van der Waals surface area contributed by atoms with E-state index in [0.29, 0.717) is 17.7 Å². The molecule has 0 amide bonds. The first-order valence-corrected chi connectivity index (χ1v) is 9.14. The minimum atomic E-state index is -3.65. The van der Waals surface area contributed by atoms with Gasteiger partial charge in [-0.15, -0.1) is 0 Å². The van der Waals surface area contributed by atoms with Crippen molar-refractivity contribution in [1.29, 1.82) is 0 Å². The van der Waals surface area contributed by atoms with Crippen molar-refractivity contribution in [3.05, 3.63) is 87.8 Å². The van der Waals surface area contributed by atoms with Crippen LogP contribution in [0.15, 0.2) is 70.4 Å². The molecule has 1 heterocycles. The van der Waals surface area contributed by atoms with Crippen molar-refractivity contribution in [2.45, 2.75) is 18.2 Å². The van der Waals surface area contributed by atoms with Gasteiger partial charge < -0.3 is 0 Å². The van der Waals surface area contributed by atoms with Crippen LogP contribution in [-0.2, 0) is 16.4 Å². The summed E-state index contributed by atoms with van der Waals surface area (Å²) in [6, 6.07) is 16.9. The fraction of sp³-hybridized carbons (Fsp3) is 0.111. The Labute approximate surface area is 145 Å². The monoisotopic (exact) mass is 355 g/mol. The second kappa shape index (κ2) is 6.90. The Morgan fingerprint density at radius 2 is 1.72 bits per heavy atom. The molecule has 0 aliphatic heterocycles. The lowest BCUT2D eigenvalue weighted by atomic mass is 10.1. The van der Waals surface area contributed by atoms with Crippen LogP contribution in [0.2, 0.25) is 0 Å². The lowest BCUT2D eigenvalue weighted by Crippen LogP contribution is -2.15. The molecule has 3 rings (SSSR count). The van der Waals surface area contributed by atoms with E-state index in [0.717, 1.165) is 11.3 Å². The maximum atomic E-state index is 12.4. The van der Waals surface area contributed by atoms with E-state index in [1.54, 1.807) is 49.4 Å². The van der Waals surface area contributed by atoms with Gasteiger partial charge in [0.1, 0.15) is 0 Å². The van der Waals surface area contributed by atoms with Crippen LogP contribution in [0.25, 0.3) is 0 Å². The maximum Gasteiger partial charge on any atom is 0.267 e. The van der Waals surface area contributed by atoms with Crippen LogP contribution in [0.5, 0.6) is 0 Å². The minimum absolute atomic E-state index is 0.167. The number of aromatic amines is 1. The second-order valence-corrected chi connectivity index (χ2v) is 7.34. The van der Waals surface area contributed by atoms with Crippen LogP contribution in [0.1, 0.15) is 16.8 Å². The van der Waals surface area contributed by atoms with Gasteiger partial charge in [-0.05, 0) is 42.8 Å². The van der Waals surface area contributed by atoms with Gasteiger partial charge in [0.25, 0.3) is 15.6 Å². The molecule has 3 aromatic rings. The fourth-order valence-corrected chi connectivity index (χ4v) is 3.48. The van der Waals surface area contributed by atoms with Crippen molar-refractivity contribution in [3.63, 3.8) is 0 Å². The zero-order valence-corrected chi connectivity index (χ0v) is 14.4. The summed E-state index contributed by atoms with van der Waals surface area (Å²) in [5.74, 6) is 0. The molecule has 0 fully saturated rings. The number of para-hydroxylation sites is 1. The van der Waals surface area contributed by atoms with E-state index < -0.39 is 10.0 Å². The van der Waals surface area contributed by atoms with Gasteiger partial charge in [0.05, 0.1) is 10.6 Å². The lowest BCUT2D eigenvalue weighted by molar-refractivity contribution is 0.601. The molecule has 7 heteroatoms. The van der Waals surface area contributed by atoms with Gasteiger partial charge >= 0.3 is 0 Å². The number of anilines is 1. The number of aryl methyl sites for hydroxylation is 1. The van der Waals surface area contributed by atoms with Crippen molar-refractivity contribution >= 4 is 15.7 Å². The fourth-order valence-electron chi connectivity index (χ4n) is 2.42. The summed E-state index contributed by atoms with van der Waals surface area (Å²) in [5.41, 5.74) is 2.42. The Bertz CT molecular complexity index is 1030. The number of nitrogens with zero attached hydrogens (tertiary/aromatic N) is 1. The Morgan fingerprint density at radius 1 is 1.04 bits per heavy atom. The van der Waals surface area contributed by atoms with Crippen LogP contribution in [0.4, 0.5) is 5.69 Å². The van der Waals surface area contributed by atoms with Gasteiger partial charge in [-0.25, -0.2) is 13.5 Å². The summed E-state index contributed by atoms with van der Waals surface area (Å²) in [4.78, 5) is 11.9. The van der Waals surface area contributed by atoms with Gasteiger partial charge in [-0.2, -0.15) is 5.10 Å². The van der Waals surface area contributed by atoms with Crippen molar-refractivity contribution < 1.29 is 8.42 Å². The molecular weight excluding hydrogens is 338 g/mol. The molecule has 6 nitrogen and oxygen atoms in total. The van der Waals surface area contributed by atoms with Crippen LogP contribution in [0, 0.1) is 6.92 Å². The number of nitrogens with one attached hydrogen (secondary N) is 2. The predicted octanol–water partition coefficient (Wildman–Crippen LogP) is 2.47. The molecule has 0 saturated heterocycles. The van der Waals surface area contributed by atoms with Crippen LogP contribution in [-0.4, -0.2) is 18.6 Å². The summed E-state index contributed by atoms with van der Waals surface area (Å²) < 4.78 is 27.3. The smallest absolute Gasteiger partial charge is 0.267 e. The average Bonchev–Trinajstić information content (AvgIpc) is 2.59. The highest BCUT2D eigenvalue weighted by atomic mass is 32.2. The number of hydrogen-bond acceptors (Lipinski definition) is 4. The van der Waals surface area contributed by atoms with E-state index in [9.17, 15) is 13.2 Å². The number of sulfonamides is 1. The molecule has 1 aromatic heterocycles. The molecule has 0 aliphatic carbocycles. The van der Waals surface area contributed by atoms with E-state index in [4.69, 9.17) is 0 Å². The normalized spacial score (nSPS) is 11.2. The van der Waals surface area contributed by atoms with Crippen molar-refractivity contribution in [2.75, 3.05) is 4.72 Å². The number of rotatable bonds is 5. The van der Waals surface area contributed by atoms with Gasteiger partial charge in [0, 0.05) is 17.7 Å². The van der Waals surface area contributed by atoms with Gasteiger partial charge in [0.15, 0.2) is 0 Å². The lowest BCUT2D eigenvalue weighted by Gasteiger charge is -2.09. The first-order valence-electron chi connectivity index (χ1n) is 7.66. The molecule has 25 heavy (non-hydrogen) atoms. The first-order chi connectivity index (χ1) is 11.9. The van der Waals surface area contributed by atoms with Gasteiger partial charge in [-0.3, -0.25) is 9.52 Å². The van der Waals surface area contributed by atoms with Crippen LogP contribution in [0.3, 0.4) is 0 Å². The molecule has 0 spiro atoms. The molecule has 0 radical (unpaired) electrons. The number of benzene rings is 2. The van der Waals surface area contributed by atoms with E-state index in [1.807, 2.05) is 6.07 Å². The predicted molar refractivity (Wildman–Crippen MR) is 96.1 cm³/mol. The topological polar surface area (TPSA) is 91.9 Å². The van der Waals surface area contributed by atoms with Gasteiger partial charge in [0.2, 0.25) is 0 Å². The summed E-state index contributed by atoms with van der Waals surface area (Å²) in [7, 11) is -3.65. The highest BCUT2D eigenvalue weighted by molar-refractivity contribution is 7.92. The molecule has 2 aromatic carbocycles. The molecule has 0 bridgehead atoms. The molecular formula is C18H17N3O3S. The average molecular weight is 355 g/mol.